The number of ether oxygens (including phenoxy) is 1. The number of rotatable bonds is 6. The Kier molecular flexibility index (Phi) is 6.00. The van der Waals surface area contributed by atoms with Crippen molar-refractivity contribution in [1.82, 2.24) is 10.2 Å². The molecule has 3 aromatic rings. The quantitative estimate of drug-likeness (QED) is 0.411. The molecule has 7 nitrogen and oxygen atoms in total. The van der Waals surface area contributed by atoms with E-state index < -0.39 is 44.6 Å². The summed E-state index contributed by atoms with van der Waals surface area (Å²) in [6.45, 7) is 3.33. The van der Waals surface area contributed by atoms with Crippen molar-refractivity contribution in [3.63, 3.8) is 0 Å². The van der Waals surface area contributed by atoms with E-state index in [9.17, 15) is 18.6 Å². The largest absolute Gasteiger partial charge is 0.451 e. The van der Waals surface area contributed by atoms with Gasteiger partial charge in [-0.1, -0.05) is 78.9 Å². The van der Waals surface area contributed by atoms with Gasteiger partial charge >= 0.3 is 5.97 Å². The Bertz CT molecular complexity index is 1290. The fourth-order valence-electron chi connectivity index (χ4n) is 4.98. The number of carbonyl (C=O) groups excluding carboxylic acids is 3. The number of carbonyl (C=O) groups is 3. The third kappa shape index (κ3) is 3.82. The molecule has 1 N–H and O–H groups in total. The maximum absolute atomic E-state index is 13.8. The van der Waals surface area contributed by atoms with E-state index in [4.69, 9.17) is 4.74 Å². The summed E-state index contributed by atoms with van der Waals surface area (Å²) < 4.78 is 18.6. The van der Waals surface area contributed by atoms with E-state index in [0.717, 1.165) is 11.1 Å². The topological polar surface area (TPSA) is 92.8 Å². The summed E-state index contributed by atoms with van der Waals surface area (Å²) in [4.78, 5) is 39.3. The monoisotopic (exact) mass is 502 g/mol. The second-order valence-electron chi connectivity index (χ2n) is 9.46. The van der Waals surface area contributed by atoms with Crippen molar-refractivity contribution in [3.8, 4) is 0 Å². The molecule has 5 rings (SSSR count). The number of esters is 1. The molecule has 3 aromatic carbocycles. The Morgan fingerprint density at radius 1 is 0.917 bits per heavy atom. The molecule has 8 heteroatoms. The Morgan fingerprint density at radius 3 is 1.92 bits per heavy atom. The molecule has 2 fully saturated rings. The molecule has 0 aromatic heterocycles. The van der Waals surface area contributed by atoms with Crippen LogP contribution in [0, 0.1) is 0 Å². The highest BCUT2D eigenvalue weighted by molar-refractivity contribution is 7.88. The normalized spacial score (nSPS) is 24.1. The van der Waals surface area contributed by atoms with Crippen molar-refractivity contribution in [1.29, 1.82) is 0 Å². The second kappa shape index (κ2) is 9.02. The van der Waals surface area contributed by atoms with Crippen molar-refractivity contribution < 1.29 is 23.3 Å². The number of nitrogens with zero attached hydrogens (tertiary/aromatic N) is 1. The minimum absolute atomic E-state index is 0.147. The van der Waals surface area contributed by atoms with Crippen LogP contribution in [0.2, 0.25) is 0 Å². The fraction of sp³-hybridized carbons (Fsp3) is 0.250. The SMILES string of the molecule is CC1(C)[C@H](C(=O)OC(c2ccccc2)c2ccccc2)N2C(=O)CC2(NC(=O)c2ccccc2)[S@@]1=O. The van der Waals surface area contributed by atoms with E-state index in [-0.39, 0.29) is 12.3 Å². The van der Waals surface area contributed by atoms with Gasteiger partial charge in [0, 0.05) is 5.56 Å². The van der Waals surface area contributed by atoms with E-state index in [1.54, 1.807) is 44.2 Å². The average Bonchev–Trinajstić information content (AvgIpc) is 3.03. The summed E-state index contributed by atoms with van der Waals surface area (Å²) in [5.74, 6) is -1.49. The summed E-state index contributed by atoms with van der Waals surface area (Å²) in [5, 5.41) is 2.80. The lowest BCUT2D eigenvalue weighted by molar-refractivity contribution is -0.170. The standard InChI is InChI=1S/C28H26N2O5S/c1-27(2)24(26(33)35-23(19-12-6-3-7-13-19)20-14-8-4-9-15-20)30-22(31)18-28(30,36(27)34)29-25(32)21-16-10-5-11-17-21/h3-17,23-24H,18H2,1-2H3,(H,29,32)/t24-,28?,36+/m0/s1. The van der Waals surface area contributed by atoms with E-state index in [1.165, 1.54) is 4.90 Å². The summed E-state index contributed by atoms with van der Waals surface area (Å²) in [5.41, 5.74) is 1.92. The Morgan fingerprint density at radius 2 is 1.42 bits per heavy atom. The first-order chi connectivity index (χ1) is 17.3. The molecular formula is C28H26N2O5S. The third-order valence-electron chi connectivity index (χ3n) is 6.76. The lowest BCUT2D eigenvalue weighted by atomic mass is 9.95. The number of benzene rings is 3. The maximum Gasteiger partial charge on any atom is 0.331 e. The van der Waals surface area contributed by atoms with Gasteiger partial charge in [-0.25, -0.2) is 4.79 Å². The van der Waals surface area contributed by atoms with Crippen molar-refractivity contribution >= 4 is 28.6 Å². The third-order valence-corrected chi connectivity index (χ3v) is 8.99. The molecule has 184 valence electrons. The molecule has 2 aliphatic rings. The first-order valence-electron chi connectivity index (χ1n) is 11.7. The number of amides is 2. The van der Waals surface area contributed by atoms with Gasteiger partial charge in [-0.2, -0.15) is 0 Å². The van der Waals surface area contributed by atoms with Gasteiger partial charge in [-0.15, -0.1) is 0 Å². The van der Waals surface area contributed by atoms with Crippen molar-refractivity contribution in [2.45, 2.75) is 42.2 Å². The van der Waals surface area contributed by atoms with Gasteiger partial charge < -0.3 is 10.1 Å². The van der Waals surface area contributed by atoms with Gasteiger partial charge in [0.15, 0.2) is 6.10 Å². The molecule has 36 heavy (non-hydrogen) atoms. The zero-order valence-corrected chi connectivity index (χ0v) is 20.7. The van der Waals surface area contributed by atoms with Gasteiger partial charge in [0.05, 0.1) is 22.0 Å². The Labute approximate surface area is 211 Å². The van der Waals surface area contributed by atoms with Crippen LogP contribution in [0.5, 0.6) is 0 Å². The van der Waals surface area contributed by atoms with E-state index in [2.05, 4.69) is 5.32 Å². The molecule has 0 bridgehead atoms. The van der Waals surface area contributed by atoms with Crippen LogP contribution >= 0.6 is 0 Å². The number of hydrogen-bond acceptors (Lipinski definition) is 5. The van der Waals surface area contributed by atoms with Crippen molar-refractivity contribution in [2.24, 2.45) is 0 Å². The molecule has 3 atom stereocenters. The van der Waals surface area contributed by atoms with Crippen molar-refractivity contribution in [2.75, 3.05) is 0 Å². The zero-order valence-electron chi connectivity index (χ0n) is 19.9. The van der Waals surface area contributed by atoms with Crippen LogP contribution in [-0.4, -0.2) is 42.7 Å². The van der Waals surface area contributed by atoms with Gasteiger partial charge in [0.2, 0.25) is 10.9 Å². The molecule has 2 saturated heterocycles. The highest BCUT2D eigenvalue weighted by Crippen LogP contribution is 2.50. The van der Waals surface area contributed by atoms with Gasteiger partial charge in [0.1, 0.15) is 6.04 Å². The second-order valence-corrected chi connectivity index (χ2v) is 11.7. The van der Waals surface area contributed by atoms with Crippen LogP contribution in [0.4, 0.5) is 0 Å². The first kappa shape index (κ1) is 23.9. The fourth-order valence-corrected chi connectivity index (χ4v) is 7.08. The predicted molar refractivity (Wildman–Crippen MR) is 135 cm³/mol. The first-order valence-corrected chi connectivity index (χ1v) is 12.8. The summed E-state index contributed by atoms with van der Waals surface area (Å²) in [6, 6.07) is 26.0. The van der Waals surface area contributed by atoms with Gasteiger partial charge in [-0.3, -0.25) is 18.7 Å². The summed E-state index contributed by atoms with van der Waals surface area (Å²) >= 11 is 0. The lowest BCUT2D eigenvalue weighted by Gasteiger charge is -2.47. The van der Waals surface area contributed by atoms with Crippen LogP contribution in [0.1, 0.15) is 47.9 Å². The molecular weight excluding hydrogens is 476 g/mol. The van der Waals surface area contributed by atoms with E-state index in [0.29, 0.717) is 5.56 Å². The van der Waals surface area contributed by atoms with Crippen molar-refractivity contribution in [3.05, 3.63) is 108 Å². The lowest BCUT2D eigenvalue weighted by Crippen LogP contribution is -2.72. The molecule has 0 spiro atoms. The molecule has 0 saturated carbocycles. The van der Waals surface area contributed by atoms with E-state index in [1.807, 2.05) is 60.7 Å². The minimum atomic E-state index is -1.78. The Hall–Kier alpha value is -3.78. The molecule has 1 unspecified atom stereocenters. The highest BCUT2D eigenvalue weighted by Gasteiger charge is 2.73. The Balaban J connectivity index is 1.47. The number of fused-ring (bicyclic) bond motifs is 1. The predicted octanol–water partition coefficient (Wildman–Crippen LogP) is 3.54. The van der Waals surface area contributed by atoms with E-state index >= 15 is 0 Å². The van der Waals surface area contributed by atoms with Gasteiger partial charge in [-0.05, 0) is 37.1 Å². The molecule has 2 heterocycles. The van der Waals surface area contributed by atoms with Crippen LogP contribution in [0.3, 0.4) is 0 Å². The molecule has 0 aliphatic carbocycles. The maximum atomic E-state index is 13.8. The number of β-lactam (4-membered cyclic amide) rings is 1. The summed E-state index contributed by atoms with van der Waals surface area (Å²) in [7, 11) is -1.78. The number of nitrogens with one attached hydrogen (secondary N) is 1. The molecule has 0 radical (unpaired) electrons. The minimum Gasteiger partial charge on any atom is -0.451 e. The smallest absolute Gasteiger partial charge is 0.331 e. The van der Waals surface area contributed by atoms with Gasteiger partial charge in [0.25, 0.3) is 5.91 Å². The molecule has 2 amide bonds. The summed E-state index contributed by atoms with van der Waals surface area (Å²) in [6.07, 6.45) is -0.860. The zero-order chi connectivity index (χ0) is 25.5. The van der Waals surface area contributed by atoms with Crippen LogP contribution in [0.25, 0.3) is 0 Å². The highest BCUT2D eigenvalue weighted by atomic mass is 32.2. The number of hydrogen-bond donors (Lipinski definition) is 1. The average molecular weight is 503 g/mol. The van der Waals surface area contributed by atoms with Crippen LogP contribution in [-0.2, 0) is 25.1 Å². The van der Waals surface area contributed by atoms with Crippen LogP contribution < -0.4 is 5.32 Å². The molecule has 2 aliphatic heterocycles. The van der Waals surface area contributed by atoms with Crippen LogP contribution in [0.15, 0.2) is 91.0 Å².